The van der Waals surface area contributed by atoms with E-state index in [1.54, 1.807) is 0 Å². The second kappa shape index (κ2) is 7.25. The van der Waals surface area contributed by atoms with Crippen LogP contribution >= 0.6 is 0 Å². The van der Waals surface area contributed by atoms with E-state index in [1.807, 2.05) is 20.8 Å². The Bertz CT molecular complexity index is 294. The zero-order valence-corrected chi connectivity index (χ0v) is 13.2. The summed E-state index contributed by atoms with van der Waals surface area (Å²) in [6.45, 7) is 13.4. The van der Waals surface area contributed by atoms with Crippen LogP contribution in [0.25, 0.3) is 0 Å². The molecule has 2 unspecified atom stereocenters. The molecular weight excluding hydrogens is 240 g/mol. The fourth-order valence-corrected chi connectivity index (χ4v) is 3.08. The first-order chi connectivity index (χ1) is 8.94. The molecule has 1 rings (SSSR count). The lowest BCUT2D eigenvalue weighted by Gasteiger charge is -2.36. The molecule has 0 aromatic carbocycles. The molecule has 1 aliphatic heterocycles. The lowest BCUT2D eigenvalue weighted by atomic mass is 9.97. The number of carbonyl (C=O) groups excluding carboxylic acids is 1. The van der Waals surface area contributed by atoms with Gasteiger partial charge in [-0.25, -0.2) is 0 Å². The molecule has 1 N–H and O–H groups in total. The van der Waals surface area contributed by atoms with Crippen LogP contribution in [-0.2, 0) is 9.53 Å². The van der Waals surface area contributed by atoms with Crippen LogP contribution in [0, 0.1) is 5.92 Å². The summed E-state index contributed by atoms with van der Waals surface area (Å²) in [4.78, 5) is 14.7. The molecule has 1 heterocycles. The molecule has 1 saturated heterocycles. The summed E-state index contributed by atoms with van der Waals surface area (Å²) in [5.74, 6) is 0.502. The van der Waals surface area contributed by atoms with Crippen LogP contribution in [0.4, 0.5) is 0 Å². The SMILES string of the molecule is CCNC(C)(CN1CCCC1C(C)C)C(=O)OCC. The molecule has 4 nitrogen and oxygen atoms in total. The first-order valence-corrected chi connectivity index (χ1v) is 7.61. The molecule has 0 spiro atoms. The van der Waals surface area contributed by atoms with Crippen molar-refractivity contribution in [2.24, 2.45) is 5.92 Å². The first-order valence-electron chi connectivity index (χ1n) is 7.61. The minimum atomic E-state index is -0.595. The van der Waals surface area contributed by atoms with Gasteiger partial charge in [-0.15, -0.1) is 0 Å². The predicted octanol–water partition coefficient (Wildman–Crippen LogP) is 2.04. The van der Waals surface area contributed by atoms with Crippen LogP contribution in [-0.4, -0.2) is 48.7 Å². The topological polar surface area (TPSA) is 41.6 Å². The number of nitrogens with zero attached hydrogens (tertiary/aromatic N) is 1. The third-order valence-electron chi connectivity index (χ3n) is 4.00. The highest BCUT2D eigenvalue weighted by atomic mass is 16.5. The van der Waals surface area contributed by atoms with Crippen LogP contribution in [0.5, 0.6) is 0 Å². The molecule has 0 bridgehead atoms. The first kappa shape index (κ1) is 16.4. The molecule has 2 atom stereocenters. The zero-order chi connectivity index (χ0) is 14.5. The minimum absolute atomic E-state index is 0.133. The summed E-state index contributed by atoms with van der Waals surface area (Å²) in [6, 6.07) is 0.590. The van der Waals surface area contributed by atoms with Gasteiger partial charge in [0.05, 0.1) is 6.61 Å². The number of nitrogens with one attached hydrogen (secondary N) is 1. The Hall–Kier alpha value is -0.610. The highest BCUT2D eigenvalue weighted by molar-refractivity contribution is 5.80. The zero-order valence-electron chi connectivity index (χ0n) is 13.2. The Morgan fingerprint density at radius 2 is 2.16 bits per heavy atom. The maximum Gasteiger partial charge on any atom is 0.327 e. The van der Waals surface area contributed by atoms with Gasteiger partial charge in [-0.05, 0) is 45.7 Å². The Balaban J connectivity index is 2.74. The fourth-order valence-electron chi connectivity index (χ4n) is 3.08. The number of hydrogen-bond donors (Lipinski definition) is 1. The molecule has 0 aromatic rings. The van der Waals surface area contributed by atoms with Crippen LogP contribution in [0.3, 0.4) is 0 Å². The highest BCUT2D eigenvalue weighted by Gasteiger charge is 2.39. The highest BCUT2D eigenvalue weighted by Crippen LogP contribution is 2.25. The van der Waals surface area contributed by atoms with Crippen molar-refractivity contribution in [3.8, 4) is 0 Å². The third-order valence-corrected chi connectivity index (χ3v) is 4.00. The van der Waals surface area contributed by atoms with Gasteiger partial charge in [0, 0.05) is 12.6 Å². The van der Waals surface area contributed by atoms with Crippen molar-refractivity contribution in [1.29, 1.82) is 0 Å². The Kier molecular flexibility index (Phi) is 6.27. The van der Waals surface area contributed by atoms with Crippen molar-refractivity contribution >= 4 is 5.97 Å². The molecule has 0 aliphatic carbocycles. The second-order valence-corrected chi connectivity index (χ2v) is 6.01. The van der Waals surface area contributed by atoms with Gasteiger partial charge < -0.3 is 10.1 Å². The quantitative estimate of drug-likeness (QED) is 0.719. The van der Waals surface area contributed by atoms with Crippen LogP contribution in [0.15, 0.2) is 0 Å². The molecule has 0 aromatic heterocycles. The lowest BCUT2D eigenvalue weighted by Crippen LogP contribution is -2.58. The van der Waals surface area contributed by atoms with Crippen molar-refractivity contribution < 1.29 is 9.53 Å². The number of esters is 1. The lowest BCUT2D eigenvalue weighted by molar-refractivity contribution is -0.151. The summed E-state index contributed by atoms with van der Waals surface area (Å²) >= 11 is 0. The maximum absolute atomic E-state index is 12.2. The molecule has 1 aliphatic rings. The van der Waals surface area contributed by atoms with Crippen molar-refractivity contribution in [3.05, 3.63) is 0 Å². The van der Waals surface area contributed by atoms with Crippen molar-refractivity contribution in [1.82, 2.24) is 10.2 Å². The van der Waals surface area contributed by atoms with Gasteiger partial charge in [0.2, 0.25) is 0 Å². The molecule has 0 radical (unpaired) electrons. The molecule has 0 amide bonds. The molecule has 4 heteroatoms. The smallest absolute Gasteiger partial charge is 0.327 e. The normalized spacial score (nSPS) is 23.6. The van der Waals surface area contributed by atoms with E-state index in [4.69, 9.17) is 4.74 Å². The molecule has 1 fully saturated rings. The average Bonchev–Trinajstić information content (AvgIpc) is 2.77. The van der Waals surface area contributed by atoms with Crippen LogP contribution in [0.2, 0.25) is 0 Å². The molecule has 19 heavy (non-hydrogen) atoms. The molecule has 0 saturated carbocycles. The van der Waals surface area contributed by atoms with E-state index >= 15 is 0 Å². The van der Waals surface area contributed by atoms with E-state index in [9.17, 15) is 4.79 Å². The van der Waals surface area contributed by atoms with E-state index in [1.165, 1.54) is 12.8 Å². The van der Waals surface area contributed by atoms with Crippen molar-refractivity contribution in [2.45, 2.75) is 59.0 Å². The van der Waals surface area contributed by atoms with E-state index in [-0.39, 0.29) is 5.97 Å². The standard InChI is InChI=1S/C15H30N2O2/c1-6-16-15(5,14(18)19-7-2)11-17-10-8-9-13(17)12(3)4/h12-13,16H,6-11H2,1-5H3. The summed E-state index contributed by atoms with van der Waals surface area (Å²) in [5, 5.41) is 3.31. The number of carbonyl (C=O) groups is 1. The van der Waals surface area contributed by atoms with E-state index in [0.717, 1.165) is 19.6 Å². The van der Waals surface area contributed by atoms with Crippen molar-refractivity contribution in [2.75, 3.05) is 26.2 Å². The molecular formula is C15H30N2O2. The summed E-state index contributed by atoms with van der Waals surface area (Å²) in [6.07, 6.45) is 2.47. The van der Waals surface area contributed by atoms with Crippen LogP contribution in [0.1, 0.15) is 47.5 Å². The van der Waals surface area contributed by atoms with E-state index < -0.39 is 5.54 Å². The van der Waals surface area contributed by atoms with E-state index in [2.05, 4.69) is 24.1 Å². The van der Waals surface area contributed by atoms with Crippen LogP contribution < -0.4 is 5.32 Å². The van der Waals surface area contributed by atoms with Gasteiger partial charge in [0.1, 0.15) is 5.54 Å². The van der Waals surface area contributed by atoms with Crippen molar-refractivity contribution in [3.63, 3.8) is 0 Å². The fraction of sp³-hybridized carbons (Fsp3) is 0.933. The summed E-state index contributed by atoms with van der Waals surface area (Å²) in [7, 11) is 0. The summed E-state index contributed by atoms with van der Waals surface area (Å²) in [5.41, 5.74) is -0.595. The number of likely N-dealkylation sites (N-methyl/N-ethyl adjacent to an activating group) is 1. The van der Waals surface area contributed by atoms with Gasteiger partial charge in [0.15, 0.2) is 0 Å². The predicted molar refractivity (Wildman–Crippen MR) is 78.1 cm³/mol. The largest absolute Gasteiger partial charge is 0.465 e. The van der Waals surface area contributed by atoms with Gasteiger partial charge in [0.25, 0.3) is 0 Å². The number of rotatable bonds is 7. The number of likely N-dealkylation sites (tertiary alicyclic amines) is 1. The maximum atomic E-state index is 12.2. The van der Waals surface area contributed by atoms with Gasteiger partial charge in [-0.1, -0.05) is 20.8 Å². The van der Waals surface area contributed by atoms with Gasteiger partial charge in [-0.3, -0.25) is 9.69 Å². The van der Waals surface area contributed by atoms with E-state index in [0.29, 0.717) is 18.6 Å². The Morgan fingerprint density at radius 1 is 1.47 bits per heavy atom. The second-order valence-electron chi connectivity index (χ2n) is 6.01. The average molecular weight is 270 g/mol. The Morgan fingerprint density at radius 3 is 2.68 bits per heavy atom. The summed E-state index contributed by atoms with van der Waals surface area (Å²) < 4.78 is 5.24. The molecule has 112 valence electrons. The Labute approximate surface area is 117 Å². The minimum Gasteiger partial charge on any atom is -0.465 e. The monoisotopic (exact) mass is 270 g/mol. The number of hydrogen-bond acceptors (Lipinski definition) is 4. The van der Waals surface area contributed by atoms with Gasteiger partial charge >= 0.3 is 5.97 Å². The van der Waals surface area contributed by atoms with Gasteiger partial charge in [-0.2, -0.15) is 0 Å². The third kappa shape index (κ3) is 4.18. The number of ether oxygens (including phenoxy) is 1.